The number of methoxy groups -OCH3 is 1. The lowest BCUT2D eigenvalue weighted by Gasteiger charge is -2.26. The monoisotopic (exact) mass is 223 g/mol. The van der Waals surface area contributed by atoms with Gasteiger partial charge in [-0.15, -0.1) is 0 Å². The van der Waals surface area contributed by atoms with Crippen molar-refractivity contribution in [2.75, 3.05) is 7.11 Å². The van der Waals surface area contributed by atoms with Crippen molar-refractivity contribution in [3.8, 4) is 5.75 Å². The van der Waals surface area contributed by atoms with Gasteiger partial charge < -0.3 is 10.1 Å². The van der Waals surface area contributed by atoms with Crippen LogP contribution in [0.2, 0.25) is 0 Å². The Bertz CT molecular complexity index is 402. The van der Waals surface area contributed by atoms with Crippen molar-refractivity contribution < 1.29 is 13.9 Å². The van der Waals surface area contributed by atoms with E-state index in [0.717, 1.165) is 19.3 Å². The number of carbonyl (C=O) groups is 1. The second kappa shape index (κ2) is 4.51. The molecule has 86 valence electrons. The molecule has 4 heteroatoms. The fourth-order valence-corrected chi connectivity index (χ4v) is 1.66. The summed E-state index contributed by atoms with van der Waals surface area (Å²) in [6.07, 6.45) is 3.10. The van der Waals surface area contributed by atoms with Crippen molar-refractivity contribution in [1.29, 1.82) is 0 Å². The standard InChI is InChI=1S/C12H14FNO2/c1-16-10-7-3-6-9(11(10)13)12(15)14-8-4-2-5-8/h3,6-8H,2,4-5H2,1H3,(H,14,15). The second-order valence-electron chi connectivity index (χ2n) is 3.92. The van der Waals surface area contributed by atoms with Gasteiger partial charge in [0, 0.05) is 6.04 Å². The van der Waals surface area contributed by atoms with Crippen LogP contribution >= 0.6 is 0 Å². The average Bonchev–Trinajstić information content (AvgIpc) is 2.23. The van der Waals surface area contributed by atoms with Crippen LogP contribution in [0, 0.1) is 5.82 Å². The molecule has 1 aliphatic carbocycles. The van der Waals surface area contributed by atoms with Gasteiger partial charge in [-0.2, -0.15) is 0 Å². The van der Waals surface area contributed by atoms with Gasteiger partial charge in [-0.3, -0.25) is 4.79 Å². The highest BCUT2D eigenvalue weighted by molar-refractivity contribution is 5.95. The summed E-state index contributed by atoms with van der Waals surface area (Å²) in [5.41, 5.74) is 0.0475. The van der Waals surface area contributed by atoms with Gasteiger partial charge in [0.2, 0.25) is 0 Å². The van der Waals surface area contributed by atoms with E-state index in [1.165, 1.54) is 19.2 Å². The maximum absolute atomic E-state index is 13.7. The van der Waals surface area contributed by atoms with Gasteiger partial charge in [0.25, 0.3) is 5.91 Å². The summed E-state index contributed by atoms with van der Waals surface area (Å²) >= 11 is 0. The third-order valence-corrected chi connectivity index (χ3v) is 2.87. The van der Waals surface area contributed by atoms with Crippen LogP contribution in [0.15, 0.2) is 18.2 Å². The van der Waals surface area contributed by atoms with Crippen molar-refractivity contribution >= 4 is 5.91 Å². The lowest BCUT2D eigenvalue weighted by atomic mass is 9.93. The predicted molar refractivity (Wildman–Crippen MR) is 58.1 cm³/mol. The molecule has 1 saturated carbocycles. The Morgan fingerprint density at radius 1 is 1.50 bits per heavy atom. The molecule has 2 rings (SSSR count). The number of hydrogen-bond donors (Lipinski definition) is 1. The van der Waals surface area contributed by atoms with Crippen LogP contribution in [0.4, 0.5) is 4.39 Å². The number of rotatable bonds is 3. The molecule has 0 heterocycles. The molecule has 0 spiro atoms. The fourth-order valence-electron chi connectivity index (χ4n) is 1.66. The highest BCUT2D eigenvalue weighted by Crippen LogP contribution is 2.22. The van der Waals surface area contributed by atoms with Crippen LogP contribution in [-0.2, 0) is 0 Å². The first-order chi connectivity index (χ1) is 7.72. The zero-order chi connectivity index (χ0) is 11.5. The minimum atomic E-state index is -0.596. The minimum Gasteiger partial charge on any atom is -0.494 e. The highest BCUT2D eigenvalue weighted by atomic mass is 19.1. The molecule has 0 radical (unpaired) electrons. The number of ether oxygens (including phenoxy) is 1. The number of amides is 1. The molecule has 1 amide bonds. The van der Waals surface area contributed by atoms with Gasteiger partial charge in [0.15, 0.2) is 11.6 Å². The van der Waals surface area contributed by atoms with Crippen molar-refractivity contribution in [2.45, 2.75) is 25.3 Å². The van der Waals surface area contributed by atoms with Gasteiger partial charge in [-0.05, 0) is 31.4 Å². The van der Waals surface area contributed by atoms with E-state index in [2.05, 4.69) is 5.32 Å². The van der Waals surface area contributed by atoms with Crippen molar-refractivity contribution in [1.82, 2.24) is 5.32 Å². The lowest BCUT2D eigenvalue weighted by Crippen LogP contribution is -2.39. The zero-order valence-electron chi connectivity index (χ0n) is 9.13. The number of halogens is 1. The molecule has 16 heavy (non-hydrogen) atoms. The Morgan fingerprint density at radius 2 is 2.25 bits per heavy atom. The quantitative estimate of drug-likeness (QED) is 0.852. The Morgan fingerprint density at radius 3 is 2.81 bits per heavy atom. The summed E-state index contributed by atoms with van der Waals surface area (Å²) in [6.45, 7) is 0. The van der Waals surface area contributed by atoms with Crippen LogP contribution in [0.3, 0.4) is 0 Å². The molecule has 0 bridgehead atoms. The van der Waals surface area contributed by atoms with E-state index in [1.54, 1.807) is 6.07 Å². The molecule has 1 aromatic carbocycles. The largest absolute Gasteiger partial charge is 0.494 e. The summed E-state index contributed by atoms with van der Waals surface area (Å²) in [5.74, 6) is -0.857. The molecule has 0 atom stereocenters. The molecular weight excluding hydrogens is 209 g/mol. The zero-order valence-corrected chi connectivity index (χ0v) is 9.13. The van der Waals surface area contributed by atoms with Gasteiger partial charge in [0.05, 0.1) is 12.7 Å². The summed E-state index contributed by atoms with van der Waals surface area (Å²) in [4.78, 5) is 11.7. The first kappa shape index (κ1) is 10.9. The van der Waals surface area contributed by atoms with Crippen molar-refractivity contribution in [3.63, 3.8) is 0 Å². The molecule has 3 nitrogen and oxygen atoms in total. The first-order valence-corrected chi connectivity index (χ1v) is 5.35. The molecule has 0 saturated heterocycles. The molecule has 0 aromatic heterocycles. The lowest BCUT2D eigenvalue weighted by molar-refractivity contribution is 0.0912. The van der Waals surface area contributed by atoms with Gasteiger partial charge in [-0.25, -0.2) is 4.39 Å². The Hall–Kier alpha value is -1.58. The van der Waals surface area contributed by atoms with Crippen LogP contribution in [0.1, 0.15) is 29.6 Å². The third-order valence-electron chi connectivity index (χ3n) is 2.87. The summed E-state index contributed by atoms with van der Waals surface area (Å²) in [5, 5.41) is 2.79. The maximum Gasteiger partial charge on any atom is 0.254 e. The Balaban J connectivity index is 2.15. The predicted octanol–water partition coefficient (Wildman–Crippen LogP) is 2.12. The minimum absolute atomic E-state index is 0.0475. The molecule has 1 aromatic rings. The van der Waals surface area contributed by atoms with E-state index >= 15 is 0 Å². The van der Waals surface area contributed by atoms with E-state index in [4.69, 9.17) is 4.74 Å². The summed E-state index contributed by atoms with van der Waals surface area (Å²) in [7, 11) is 1.38. The van der Waals surface area contributed by atoms with E-state index in [1.807, 2.05) is 0 Å². The SMILES string of the molecule is COc1cccc(C(=O)NC2CCC2)c1F. The molecule has 0 aliphatic heterocycles. The van der Waals surface area contributed by atoms with E-state index in [-0.39, 0.29) is 23.3 Å². The molecule has 1 fully saturated rings. The summed E-state index contributed by atoms with van der Waals surface area (Å²) < 4.78 is 18.5. The van der Waals surface area contributed by atoms with Crippen molar-refractivity contribution in [2.24, 2.45) is 0 Å². The number of nitrogens with one attached hydrogen (secondary N) is 1. The topological polar surface area (TPSA) is 38.3 Å². The number of hydrogen-bond acceptors (Lipinski definition) is 2. The molecular formula is C12H14FNO2. The van der Waals surface area contributed by atoms with Crippen molar-refractivity contribution in [3.05, 3.63) is 29.6 Å². The number of carbonyl (C=O) groups excluding carboxylic acids is 1. The number of benzene rings is 1. The molecule has 1 aliphatic rings. The van der Waals surface area contributed by atoms with E-state index < -0.39 is 5.82 Å². The van der Waals surface area contributed by atoms with Gasteiger partial charge in [0.1, 0.15) is 0 Å². The summed E-state index contributed by atoms with van der Waals surface area (Å²) in [6, 6.07) is 4.77. The van der Waals surface area contributed by atoms with Gasteiger partial charge in [-0.1, -0.05) is 6.07 Å². The van der Waals surface area contributed by atoms with Crippen LogP contribution in [0.25, 0.3) is 0 Å². The normalized spacial score (nSPS) is 15.4. The maximum atomic E-state index is 13.7. The fraction of sp³-hybridized carbons (Fsp3) is 0.417. The Labute approximate surface area is 93.6 Å². The van der Waals surface area contributed by atoms with E-state index in [0.29, 0.717) is 0 Å². The second-order valence-corrected chi connectivity index (χ2v) is 3.92. The van der Waals surface area contributed by atoms with E-state index in [9.17, 15) is 9.18 Å². The molecule has 1 N–H and O–H groups in total. The first-order valence-electron chi connectivity index (χ1n) is 5.35. The van der Waals surface area contributed by atoms with Crippen LogP contribution in [0.5, 0.6) is 5.75 Å². The Kier molecular flexibility index (Phi) is 3.08. The molecule has 0 unspecified atom stereocenters. The van der Waals surface area contributed by atoms with Gasteiger partial charge >= 0.3 is 0 Å². The van der Waals surface area contributed by atoms with Crippen LogP contribution < -0.4 is 10.1 Å². The average molecular weight is 223 g/mol. The third kappa shape index (κ3) is 2.01. The van der Waals surface area contributed by atoms with Crippen LogP contribution in [-0.4, -0.2) is 19.1 Å². The highest BCUT2D eigenvalue weighted by Gasteiger charge is 2.22. The smallest absolute Gasteiger partial charge is 0.254 e.